The summed E-state index contributed by atoms with van der Waals surface area (Å²) >= 11 is 0. The molecule has 0 aromatic heterocycles. The van der Waals surface area contributed by atoms with Crippen LogP contribution in [0.1, 0.15) is 154 Å². The number of ether oxygens (including phenoxy) is 5. The van der Waals surface area contributed by atoms with Gasteiger partial charge >= 0.3 is 23.9 Å². The van der Waals surface area contributed by atoms with E-state index in [2.05, 4.69) is 23.9 Å². The molecular formula is C49H82N2O9. The highest BCUT2D eigenvalue weighted by molar-refractivity contribution is 5.73. The molecule has 0 aromatic carbocycles. The number of nitrogens with zero attached hydrogens (tertiary/aromatic N) is 2. The van der Waals surface area contributed by atoms with Gasteiger partial charge in [-0.3, -0.25) is 19.2 Å². The summed E-state index contributed by atoms with van der Waals surface area (Å²) in [5.74, 6) is 3.91. The molecule has 11 nitrogen and oxygen atoms in total. The van der Waals surface area contributed by atoms with E-state index in [0.29, 0.717) is 55.4 Å². The SMILES string of the molecule is COCC(COC(=O)C1CC2CCCCC2C1)OC(=O)CCCN(CCCC(=O)OC(COC(=O)C1CC2CCCCC2C1)CC1CC2CCCCC2C1)CCCN(C)C. The van der Waals surface area contributed by atoms with E-state index >= 15 is 0 Å². The molecule has 0 heterocycles. The van der Waals surface area contributed by atoms with Gasteiger partial charge in [-0.25, -0.2) is 0 Å². The lowest BCUT2D eigenvalue weighted by Crippen LogP contribution is -2.32. The molecule has 342 valence electrons. The van der Waals surface area contributed by atoms with Crippen LogP contribution in [0, 0.1) is 53.3 Å². The first-order chi connectivity index (χ1) is 29.1. The number of hydrogen-bond acceptors (Lipinski definition) is 11. The summed E-state index contributed by atoms with van der Waals surface area (Å²) in [6.45, 7) is 3.60. The third-order valence-corrected chi connectivity index (χ3v) is 15.6. The second kappa shape index (κ2) is 24.6. The molecular weight excluding hydrogens is 761 g/mol. The van der Waals surface area contributed by atoms with Gasteiger partial charge in [-0.05, 0) is 146 Å². The molecule has 0 bridgehead atoms. The van der Waals surface area contributed by atoms with Crippen LogP contribution >= 0.6 is 0 Å². The molecule has 11 heteroatoms. The van der Waals surface area contributed by atoms with Gasteiger partial charge in [-0.1, -0.05) is 77.0 Å². The van der Waals surface area contributed by atoms with Crippen LogP contribution in [0.15, 0.2) is 0 Å². The van der Waals surface area contributed by atoms with Crippen molar-refractivity contribution in [1.29, 1.82) is 0 Å². The summed E-state index contributed by atoms with van der Waals surface area (Å²) in [5.41, 5.74) is 0. The van der Waals surface area contributed by atoms with Crippen LogP contribution in [0.25, 0.3) is 0 Å². The summed E-state index contributed by atoms with van der Waals surface area (Å²) in [6, 6.07) is 0. The molecule has 8 atom stereocenters. The number of esters is 4. The summed E-state index contributed by atoms with van der Waals surface area (Å²) in [7, 11) is 5.69. The predicted molar refractivity (Wildman–Crippen MR) is 231 cm³/mol. The van der Waals surface area contributed by atoms with Crippen molar-refractivity contribution in [3.63, 3.8) is 0 Å². The molecule has 0 radical (unpaired) electrons. The highest BCUT2D eigenvalue weighted by Crippen LogP contribution is 2.48. The van der Waals surface area contributed by atoms with Gasteiger partial charge in [0, 0.05) is 20.0 Å². The minimum absolute atomic E-state index is 0.00800. The van der Waals surface area contributed by atoms with Gasteiger partial charge in [0.05, 0.1) is 18.4 Å². The Kier molecular flexibility index (Phi) is 19.3. The third-order valence-electron chi connectivity index (χ3n) is 15.6. The molecule has 6 aliphatic carbocycles. The van der Waals surface area contributed by atoms with Crippen molar-refractivity contribution in [3.05, 3.63) is 0 Å². The van der Waals surface area contributed by atoms with Crippen molar-refractivity contribution in [2.45, 2.75) is 166 Å². The molecule has 8 unspecified atom stereocenters. The second-order valence-corrected chi connectivity index (χ2v) is 20.5. The molecule has 0 N–H and O–H groups in total. The Morgan fingerprint density at radius 1 is 0.517 bits per heavy atom. The Hall–Kier alpha value is -2.24. The third kappa shape index (κ3) is 14.9. The van der Waals surface area contributed by atoms with E-state index in [4.69, 9.17) is 23.7 Å². The fourth-order valence-electron chi connectivity index (χ4n) is 12.6. The Morgan fingerprint density at radius 2 is 0.917 bits per heavy atom. The average molecular weight is 843 g/mol. The zero-order valence-electron chi connectivity index (χ0n) is 37.8. The maximum Gasteiger partial charge on any atom is 0.309 e. The van der Waals surface area contributed by atoms with E-state index in [1.54, 1.807) is 7.11 Å². The van der Waals surface area contributed by atoms with Crippen molar-refractivity contribution in [3.8, 4) is 0 Å². The lowest BCUT2D eigenvalue weighted by Gasteiger charge is -2.24. The van der Waals surface area contributed by atoms with Gasteiger partial charge < -0.3 is 33.5 Å². The van der Waals surface area contributed by atoms with Crippen LogP contribution < -0.4 is 0 Å². The van der Waals surface area contributed by atoms with Gasteiger partial charge in [0.25, 0.3) is 0 Å². The first-order valence-electron chi connectivity index (χ1n) is 24.7. The lowest BCUT2D eigenvalue weighted by molar-refractivity contribution is -0.164. The van der Waals surface area contributed by atoms with Gasteiger partial charge in [-0.2, -0.15) is 0 Å². The smallest absolute Gasteiger partial charge is 0.309 e. The van der Waals surface area contributed by atoms with E-state index in [9.17, 15) is 19.2 Å². The van der Waals surface area contributed by atoms with Gasteiger partial charge in [0.15, 0.2) is 6.10 Å². The van der Waals surface area contributed by atoms with E-state index in [-0.39, 0.29) is 62.0 Å². The van der Waals surface area contributed by atoms with E-state index < -0.39 is 12.2 Å². The summed E-state index contributed by atoms with van der Waals surface area (Å²) in [6.07, 6.45) is 24.1. The first kappa shape index (κ1) is 47.2. The zero-order chi connectivity index (χ0) is 42.3. The average Bonchev–Trinajstić information content (AvgIpc) is 3.98. The van der Waals surface area contributed by atoms with Crippen molar-refractivity contribution in [1.82, 2.24) is 9.80 Å². The molecule has 0 aliphatic heterocycles. The minimum atomic E-state index is -0.630. The van der Waals surface area contributed by atoms with E-state index in [1.807, 2.05) is 0 Å². The maximum absolute atomic E-state index is 13.4. The summed E-state index contributed by atoms with van der Waals surface area (Å²) in [5, 5.41) is 0. The molecule has 0 saturated heterocycles. The number of carbonyl (C=O) groups excluding carboxylic acids is 4. The topological polar surface area (TPSA) is 121 Å². The molecule has 6 rings (SSSR count). The first-order valence-corrected chi connectivity index (χ1v) is 24.7. The maximum atomic E-state index is 13.4. The van der Waals surface area contributed by atoms with Crippen molar-refractivity contribution in [2.24, 2.45) is 53.3 Å². The molecule has 6 saturated carbocycles. The number of fused-ring (bicyclic) bond motifs is 3. The fraction of sp³-hybridized carbons (Fsp3) is 0.918. The highest BCUT2D eigenvalue weighted by Gasteiger charge is 2.42. The number of methoxy groups -OCH3 is 1. The molecule has 0 aromatic rings. The minimum Gasteiger partial charge on any atom is -0.462 e. The number of hydrogen-bond donors (Lipinski definition) is 0. The second-order valence-electron chi connectivity index (χ2n) is 20.5. The number of carbonyl (C=O) groups is 4. The molecule has 6 fully saturated rings. The Morgan fingerprint density at radius 3 is 1.35 bits per heavy atom. The fourth-order valence-corrected chi connectivity index (χ4v) is 12.6. The van der Waals surface area contributed by atoms with Crippen LogP contribution in [0.4, 0.5) is 0 Å². The molecule has 0 spiro atoms. The Balaban J connectivity index is 0.927. The molecule has 0 amide bonds. The highest BCUT2D eigenvalue weighted by atomic mass is 16.6. The van der Waals surface area contributed by atoms with Crippen LogP contribution in [-0.4, -0.2) is 113 Å². The normalized spacial score (nSPS) is 30.9. The summed E-state index contributed by atoms with van der Waals surface area (Å²) < 4.78 is 28.9. The quantitative estimate of drug-likeness (QED) is 0.0689. The number of rotatable bonds is 24. The van der Waals surface area contributed by atoms with Gasteiger partial charge in [0.2, 0.25) is 0 Å². The van der Waals surface area contributed by atoms with Crippen LogP contribution in [0.3, 0.4) is 0 Å². The largest absolute Gasteiger partial charge is 0.462 e. The Bertz CT molecular complexity index is 1300. The predicted octanol–water partition coefficient (Wildman–Crippen LogP) is 8.40. The van der Waals surface area contributed by atoms with Crippen LogP contribution in [-0.2, 0) is 42.9 Å². The van der Waals surface area contributed by atoms with Crippen molar-refractivity contribution in [2.75, 3.05) is 67.2 Å². The monoisotopic (exact) mass is 843 g/mol. The lowest BCUT2D eigenvalue weighted by atomic mass is 9.82. The van der Waals surface area contributed by atoms with Crippen LogP contribution in [0.2, 0.25) is 0 Å². The van der Waals surface area contributed by atoms with Gasteiger partial charge in [-0.15, -0.1) is 0 Å². The van der Waals surface area contributed by atoms with Crippen LogP contribution in [0.5, 0.6) is 0 Å². The Labute approximate surface area is 362 Å². The van der Waals surface area contributed by atoms with Crippen molar-refractivity contribution >= 4 is 23.9 Å². The zero-order valence-corrected chi connectivity index (χ0v) is 37.8. The molecule has 6 aliphatic rings. The van der Waals surface area contributed by atoms with E-state index in [0.717, 1.165) is 70.0 Å². The van der Waals surface area contributed by atoms with Crippen molar-refractivity contribution < 1.29 is 42.9 Å². The van der Waals surface area contributed by atoms with Gasteiger partial charge in [0.1, 0.15) is 19.3 Å². The molecule has 60 heavy (non-hydrogen) atoms. The summed E-state index contributed by atoms with van der Waals surface area (Å²) in [4.78, 5) is 57.2. The van der Waals surface area contributed by atoms with E-state index in [1.165, 1.54) is 89.9 Å². The standard InChI is InChI=1S/C49H82N2O9/c1-50(2)21-12-24-51(23-11-20-47(53)60-45(32-56-3)34-58-49(55)43-30-40-17-8-9-18-41(40)31-43)22-10-19-46(52)59-44(27-35-25-36-13-4-5-14-37(36)26-35)33-57-48(54)42-28-38-15-6-7-16-39(38)29-42/h35-45H,4-34H2,1-3H3.